The van der Waals surface area contributed by atoms with Crippen molar-refractivity contribution in [1.82, 2.24) is 9.29 Å². The maximum absolute atomic E-state index is 13.3. The monoisotopic (exact) mass is 326 g/mol. The second kappa shape index (κ2) is 5.47. The lowest BCUT2D eigenvalue weighted by Crippen LogP contribution is -2.30. The zero-order valence-electron chi connectivity index (χ0n) is 11.5. The van der Waals surface area contributed by atoms with Crippen LogP contribution >= 0.6 is 11.3 Å². The molecule has 1 atom stereocenters. The summed E-state index contributed by atoms with van der Waals surface area (Å²) >= 11 is 1.46. The molecule has 1 aliphatic rings. The normalized spacial score (nSPS) is 20.0. The van der Waals surface area contributed by atoms with Crippen molar-refractivity contribution in [3.05, 3.63) is 46.2 Å². The zero-order valence-corrected chi connectivity index (χ0v) is 13.1. The Balaban J connectivity index is 1.99. The number of rotatable bonds is 3. The maximum atomic E-state index is 13.3. The Morgan fingerprint density at radius 3 is 2.90 bits per heavy atom. The summed E-state index contributed by atoms with van der Waals surface area (Å²) in [6.45, 7) is 2.04. The third-order valence-electron chi connectivity index (χ3n) is 3.68. The van der Waals surface area contributed by atoms with Gasteiger partial charge in [-0.2, -0.15) is 4.31 Å². The van der Waals surface area contributed by atoms with Gasteiger partial charge in [-0.25, -0.2) is 17.8 Å². The third kappa shape index (κ3) is 2.61. The number of thiazole rings is 1. The summed E-state index contributed by atoms with van der Waals surface area (Å²) in [6, 6.07) is 3.72. The lowest BCUT2D eigenvalue weighted by atomic mass is 10.2. The van der Waals surface area contributed by atoms with Crippen molar-refractivity contribution >= 4 is 21.4 Å². The van der Waals surface area contributed by atoms with Crippen LogP contribution in [0.3, 0.4) is 0 Å². The number of benzene rings is 1. The zero-order chi connectivity index (χ0) is 15.0. The lowest BCUT2D eigenvalue weighted by Gasteiger charge is -2.22. The van der Waals surface area contributed by atoms with Gasteiger partial charge in [0, 0.05) is 18.1 Å². The van der Waals surface area contributed by atoms with Crippen LogP contribution in [-0.2, 0) is 10.0 Å². The van der Waals surface area contributed by atoms with Crippen LogP contribution in [0.5, 0.6) is 0 Å². The van der Waals surface area contributed by atoms with Gasteiger partial charge in [-0.3, -0.25) is 0 Å². The van der Waals surface area contributed by atoms with Gasteiger partial charge in [0.25, 0.3) is 0 Å². The first-order chi connectivity index (χ1) is 10.00. The standard InChI is InChI=1S/C14H15FN2O2S2/c1-10-9-11(4-5-12(10)15)21(18,19)17-7-2-3-13(17)14-16-6-8-20-14/h4-6,8-9,13H,2-3,7H2,1H3. The molecule has 7 heteroatoms. The Hall–Kier alpha value is -1.31. The van der Waals surface area contributed by atoms with Gasteiger partial charge >= 0.3 is 0 Å². The van der Waals surface area contributed by atoms with Gasteiger partial charge in [-0.15, -0.1) is 11.3 Å². The average molecular weight is 326 g/mol. The highest BCUT2D eigenvalue weighted by molar-refractivity contribution is 7.89. The third-order valence-corrected chi connectivity index (χ3v) is 6.46. The minimum atomic E-state index is -3.62. The molecule has 3 rings (SSSR count). The Morgan fingerprint density at radius 2 is 2.24 bits per heavy atom. The van der Waals surface area contributed by atoms with E-state index < -0.39 is 15.8 Å². The van der Waals surface area contributed by atoms with Crippen molar-refractivity contribution in [2.24, 2.45) is 0 Å². The summed E-state index contributed by atoms with van der Waals surface area (Å²) in [6.07, 6.45) is 3.27. The van der Waals surface area contributed by atoms with E-state index in [1.165, 1.54) is 33.8 Å². The van der Waals surface area contributed by atoms with Gasteiger partial charge in [0.1, 0.15) is 10.8 Å². The van der Waals surface area contributed by atoms with Crippen molar-refractivity contribution in [3.8, 4) is 0 Å². The second-order valence-electron chi connectivity index (χ2n) is 5.06. The number of aromatic nitrogens is 1. The van der Waals surface area contributed by atoms with Crippen LogP contribution in [0.4, 0.5) is 4.39 Å². The molecule has 0 aliphatic carbocycles. The van der Waals surface area contributed by atoms with E-state index in [4.69, 9.17) is 0 Å². The molecule has 0 spiro atoms. The van der Waals surface area contributed by atoms with Crippen LogP contribution in [0.25, 0.3) is 0 Å². The molecule has 1 saturated heterocycles. The highest BCUT2D eigenvalue weighted by atomic mass is 32.2. The molecule has 1 unspecified atom stereocenters. The smallest absolute Gasteiger partial charge is 0.243 e. The first-order valence-electron chi connectivity index (χ1n) is 6.67. The summed E-state index contributed by atoms with van der Waals surface area (Å²) in [5.41, 5.74) is 0.334. The molecule has 1 aromatic heterocycles. The molecule has 0 N–H and O–H groups in total. The largest absolute Gasteiger partial charge is 0.248 e. The van der Waals surface area contributed by atoms with E-state index in [0.29, 0.717) is 12.1 Å². The van der Waals surface area contributed by atoms with Gasteiger partial charge in [0.2, 0.25) is 10.0 Å². The highest BCUT2D eigenvalue weighted by Gasteiger charge is 2.37. The second-order valence-corrected chi connectivity index (χ2v) is 7.87. The van der Waals surface area contributed by atoms with Crippen LogP contribution in [0.15, 0.2) is 34.7 Å². The van der Waals surface area contributed by atoms with Crippen LogP contribution in [0.2, 0.25) is 0 Å². The summed E-state index contributed by atoms with van der Waals surface area (Å²) in [7, 11) is -3.62. The number of hydrogen-bond donors (Lipinski definition) is 0. The van der Waals surface area contributed by atoms with E-state index in [-0.39, 0.29) is 10.9 Å². The fourth-order valence-corrected chi connectivity index (χ4v) is 5.18. The van der Waals surface area contributed by atoms with E-state index in [1.54, 1.807) is 13.1 Å². The number of hydrogen-bond acceptors (Lipinski definition) is 4. The van der Waals surface area contributed by atoms with E-state index in [2.05, 4.69) is 4.98 Å². The lowest BCUT2D eigenvalue weighted by molar-refractivity contribution is 0.395. The highest BCUT2D eigenvalue weighted by Crippen LogP contribution is 2.37. The van der Waals surface area contributed by atoms with Gasteiger partial charge < -0.3 is 0 Å². The summed E-state index contributed by atoms with van der Waals surface area (Å²) in [5.74, 6) is -0.396. The molecule has 0 saturated carbocycles. The predicted molar refractivity (Wildman–Crippen MR) is 79.1 cm³/mol. The summed E-state index contributed by atoms with van der Waals surface area (Å²) in [4.78, 5) is 4.38. The topological polar surface area (TPSA) is 50.3 Å². The predicted octanol–water partition coefficient (Wildman–Crippen LogP) is 3.12. The summed E-state index contributed by atoms with van der Waals surface area (Å²) < 4.78 is 40.4. The molecule has 1 aromatic carbocycles. The van der Waals surface area contributed by atoms with Crippen molar-refractivity contribution in [2.75, 3.05) is 6.54 Å². The van der Waals surface area contributed by atoms with Crippen LogP contribution in [-0.4, -0.2) is 24.3 Å². The Bertz CT molecular complexity index is 744. The maximum Gasteiger partial charge on any atom is 0.243 e. The van der Waals surface area contributed by atoms with Gasteiger partial charge in [-0.05, 0) is 43.5 Å². The summed E-state index contributed by atoms with van der Waals surface area (Å²) in [5, 5.41) is 2.66. The van der Waals surface area contributed by atoms with Crippen molar-refractivity contribution < 1.29 is 12.8 Å². The number of aryl methyl sites for hydroxylation is 1. The van der Waals surface area contributed by atoms with E-state index in [1.807, 2.05) is 5.38 Å². The molecule has 2 aromatic rings. The molecular formula is C14H15FN2O2S2. The van der Waals surface area contributed by atoms with Gasteiger partial charge in [0.05, 0.1) is 10.9 Å². The fraction of sp³-hybridized carbons (Fsp3) is 0.357. The molecule has 21 heavy (non-hydrogen) atoms. The molecule has 1 aliphatic heterocycles. The van der Waals surface area contributed by atoms with E-state index >= 15 is 0 Å². The number of sulfonamides is 1. The van der Waals surface area contributed by atoms with Gasteiger partial charge in [0.15, 0.2) is 0 Å². The Kier molecular flexibility index (Phi) is 3.81. The van der Waals surface area contributed by atoms with Crippen molar-refractivity contribution in [1.29, 1.82) is 0 Å². The van der Waals surface area contributed by atoms with Gasteiger partial charge in [-0.1, -0.05) is 0 Å². The quantitative estimate of drug-likeness (QED) is 0.871. The molecule has 0 amide bonds. The molecule has 1 fully saturated rings. The molecular weight excluding hydrogens is 311 g/mol. The number of halogens is 1. The fourth-order valence-electron chi connectivity index (χ4n) is 2.59. The van der Waals surface area contributed by atoms with Crippen LogP contribution in [0.1, 0.15) is 29.5 Å². The van der Waals surface area contributed by atoms with E-state index in [0.717, 1.165) is 17.8 Å². The van der Waals surface area contributed by atoms with Crippen LogP contribution < -0.4 is 0 Å². The molecule has 2 heterocycles. The average Bonchev–Trinajstić information content (AvgIpc) is 3.11. The Morgan fingerprint density at radius 1 is 1.43 bits per heavy atom. The minimum absolute atomic E-state index is 0.143. The molecule has 4 nitrogen and oxygen atoms in total. The van der Waals surface area contributed by atoms with Crippen molar-refractivity contribution in [2.45, 2.75) is 30.7 Å². The Labute approximate surface area is 127 Å². The van der Waals surface area contributed by atoms with E-state index in [9.17, 15) is 12.8 Å². The first-order valence-corrected chi connectivity index (χ1v) is 8.99. The number of nitrogens with zero attached hydrogens (tertiary/aromatic N) is 2. The van der Waals surface area contributed by atoms with Crippen molar-refractivity contribution in [3.63, 3.8) is 0 Å². The van der Waals surface area contributed by atoms with Crippen LogP contribution in [0, 0.1) is 12.7 Å². The minimum Gasteiger partial charge on any atom is -0.248 e. The molecule has 0 radical (unpaired) electrons. The first kappa shape index (κ1) is 14.6. The molecule has 0 bridgehead atoms. The SMILES string of the molecule is Cc1cc(S(=O)(=O)N2CCCC2c2nccs2)ccc1F. The molecule has 112 valence electrons.